The van der Waals surface area contributed by atoms with E-state index in [9.17, 15) is 10.1 Å². The van der Waals surface area contributed by atoms with Gasteiger partial charge in [0.1, 0.15) is 24.0 Å². The Balaban J connectivity index is 1.49. The van der Waals surface area contributed by atoms with E-state index in [1.54, 1.807) is 6.08 Å². The van der Waals surface area contributed by atoms with E-state index in [4.69, 9.17) is 9.47 Å². The van der Waals surface area contributed by atoms with Gasteiger partial charge in [-0.25, -0.2) is 0 Å². The first-order valence-electron chi connectivity index (χ1n) is 10.2. The molecule has 0 bridgehead atoms. The SMILES string of the molecule is N#CC(=Cc1ccc(OCCN2CCOCC2)cc1)C(=O)NC1CCCCC1. The van der Waals surface area contributed by atoms with Crippen LogP contribution in [-0.2, 0) is 9.53 Å². The Hall–Kier alpha value is -2.36. The van der Waals surface area contributed by atoms with Crippen molar-refractivity contribution in [1.82, 2.24) is 10.2 Å². The van der Waals surface area contributed by atoms with Crippen molar-refractivity contribution in [3.63, 3.8) is 0 Å². The molecule has 6 nitrogen and oxygen atoms in total. The van der Waals surface area contributed by atoms with E-state index < -0.39 is 0 Å². The average molecular weight is 383 g/mol. The molecule has 1 aliphatic heterocycles. The van der Waals surface area contributed by atoms with Gasteiger partial charge in [0.05, 0.1) is 13.2 Å². The molecule has 1 N–H and O–H groups in total. The number of nitriles is 1. The molecule has 0 aromatic heterocycles. The molecule has 2 aliphatic rings. The van der Waals surface area contributed by atoms with Crippen molar-refractivity contribution in [2.24, 2.45) is 0 Å². The maximum Gasteiger partial charge on any atom is 0.262 e. The fraction of sp³-hybridized carbons (Fsp3) is 0.545. The Morgan fingerprint density at radius 1 is 1.21 bits per heavy atom. The van der Waals surface area contributed by atoms with Crippen molar-refractivity contribution in [3.8, 4) is 11.8 Å². The van der Waals surface area contributed by atoms with Crippen molar-refractivity contribution >= 4 is 12.0 Å². The summed E-state index contributed by atoms with van der Waals surface area (Å²) in [6.07, 6.45) is 7.15. The summed E-state index contributed by atoms with van der Waals surface area (Å²) in [4.78, 5) is 14.7. The van der Waals surface area contributed by atoms with Gasteiger partial charge < -0.3 is 14.8 Å². The maximum absolute atomic E-state index is 12.4. The quantitative estimate of drug-likeness (QED) is 0.579. The van der Waals surface area contributed by atoms with Crippen LogP contribution in [-0.4, -0.2) is 56.3 Å². The molecule has 1 saturated heterocycles. The number of morpholine rings is 1. The monoisotopic (exact) mass is 383 g/mol. The molecule has 0 atom stereocenters. The van der Waals surface area contributed by atoms with Gasteiger partial charge in [-0.1, -0.05) is 31.4 Å². The summed E-state index contributed by atoms with van der Waals surface area (Å²) in [6.45, 7) is 4.99. The number of amides is 1. The van der Waals surface area contributed by atoms with Crippen LogP contribution < -0.4 is 10.1 Å². The highest BCUT2D eigenvalue weighted by atomic mass is 16.5. The molecule has 1 saturated carbocycles. The zero-order chi connectivity index (χ0) is 19.6. The number of rotatable bonds is 7. The third-order valence-electron chi connectivity index (χ3n) is 5.28. The van der Waals surface area contributed by atoms with Gasteiger partial charge in [-0.05, 0) is 36.6 Å². The molecular formula is C22H29N3O3. The van der Waals surface area contributed by atoms with E-state index >= 15 is 0 Å². The van der Waals surface area contributed by atoms with Gasteiger partial charge in [-0.2, -0.15) is 5.26 Å². The van der Waals surface area contributed by atoms with Crippen LogP contribution >= 0.6 is 0 Å². The number of carbonyl (C=O) groups is 1. The molecule has 1 aliphatic carbocycles. The molecule has 1 amide bonds. The summed E-state index contributed by atoms with van der Waals surface area (Å²) in [7, 11) is 0. The van der Waals surface area contributed by atoms with E-state index in [0.29, 0.717) is 6.61 Å². The van der Waals surface area contributed by atoms with Crippen LogP contribution in [0.2, 0.25) is 0 Å². The third kappa shape index (κ3) is 6.36. The lowest BCUT2D eigenvalue weighted by Crippen LogP contribution is -2.38. The van der Waals surface area contributed by atoms with E-state index in [-0.39, 0.29) is 17.5 Å². The second-order valence-corrected chi connectivity index (χ2v) is 7.35. The van der Waals surface area contributed by atoms with Crippen LogP contribution in [0.4, 0.5) is 0 Å². The average Bonchev–Trinajstić information content (AvgIpc) is 2.74. The second kappa shape index (κ2) is 10.8. The summed E-state index contributed by atoms with van der Waals surface area (Å²) in [6, 6.07) is 9.71. The van der Waals surface area contributed by atoms with Crippen molar-refractivity contribution < 1.29 is 14.3 Å². The number of ether oxygens (including phenoxy) is 2. The molecule has 150 valence electrons. The minimum atomic E-state index is -0.278. The van der Waals surface area contributed by atoms with Gasteiger partial charge in [0.2, 0.25) is 0 Å². The standard InChI is InChI=1S/C22H29N3O3/c23-17-19(22(26)24-20-4-2-1-3-5-20)16-18-6-8-21(9-7-18)28-15-12-25-10-13-27-14-11-25/h6-9,16,20H,1-5,10-15H2,(H,24,26). The highest BCUT2D eigenvalue weighted by Crippen LogP contribution is 2.18. The van der Waals surface area contributed by atoms with Crippen LogP contribution in [0.5, 0.6) is 5.75 Å². The van der Waals surface area contributed by atoms with Gasteiger partial charge in [0.15, 0.2) is 0 Å². The first-order valence-corrected chi connectivity index (χ1v) is 10.2. The first kappa shape index (κ1) is 20.4. The van der Waals surface area contributed by atoms with Crippen LogP contribution in [0, 0.1) is 11.3 Å². The molecule has 3 rings (SSSR count). The van der Waals surface area contributed by atoms with Crippen molar-refractivity contribution in [2.75, 3.05) is 39.5 Å². The molecule has 1 heterocycles. The Morgan fingerprint density at radius 2 is 1.93 bits per heavy atom. The Morgan fingerprint density at radius 3 is 2.61 bits per heavy atom. The highest BCUT2D eigenvalue weighted by Gasteiger charge is 2.18. The number of carbonyl (C=O) groups excluding carboxylic acids is 1. The summed E-state index contributed by atoms with van der Waals surface area (Å²) in [5.41, 5.74) is 0.961. The van der Waals surface area contributed by atoms with Crippen LogP contribution in [0.25, 0.3) is 6.08 Å². The molecular weight excluding hydrogens is 354 g/mol. The predicted molar refractivity (Wildman–Crippen MR) is 108 cm³/mol. The molecule has 0 unspecified atom stereocenters. The first-order chi connectivity index (χ1) is 13.7. The highest BCUT2D eigenvalue weighted by molar-refractivity contribution is 6.01. The summed E-state index contributed by atoms with van der Waals surface area (Å²) >= 11 is 0. The number of hydrogen-bond donors (Lipinski definition) is 1. The zero-order valence-corrected chi connectivity index (χ0v) is 16.4. The minimum absolute atomic E-state index is 0.145. The van der Waals surface area contributed by atoms with E-state index in [1.165, 1.54) is 6.42 Å². The Labute approximate surface area is 167 Å². The normalized spacial score (nSPS) is 19.0. The molecule has 6 heteroatoms. The second-order valence-electron chi connectivity index (χ2n) is 7.35. The fourth-order valence-corrected chi connectivity index (χ4v) is 3.60. The van der Waals surface area contributed by atoms with Gasteiger partial charge >= 0.3 is 0 Å². The van der Waals surface area contributed by atoms with Crippen LogP contribution in [0.1, 0.15) is 37.7 Å². The zero-order valence-electron chi connectivity index (χ0n) is 16.4. The van der Waals surface area contributed by atoms with Crippen molar-refractivity contribution in [1.29, 1.82) is 5.26 Å². The Bertz CT molecular complexity index is 697. The third-order valence-corrected chi connectivity index (χ3v) is 5.28. The van der Waals surface area contributed by atoms with Crippen LogP contribution in [0.3, 0.4) is 0 Å². The molecule has 1 aromatic carbocycles. The summed E-state index contributed by atoms with van der Waals surface area (Å²) in [5.74, 6) is 0.510. The Kier molecular flexibility index (Phi) is 7.89. The minimum Gasteiger partial charge on any atom is -0.492 e. The smallest absolute Gasteiger partial charge is 0.262 e. The van der Waals surface area contributed by atoms with Crippen molar-refractivity contribution in [3.05, 3.63) is 35.4 Å². The van der Waals surface area contributed by atoms with E-state index in [2.05, 4.69) is 10.2 Å². The largest absolute Gasteiger partial charge is 0.492 e. The lowest BCUT2D eigenvalue weighted by atomic mass is 9.95. The lowest BCUT2D eigenvalue weighted by Gasteiger charge is -2.26. The fourth-order valence-electron chi connectivity index (χ4n) is 3.60. The van der Waals surface area contributed by atoms with Crippen LogP contribution in [0.15, 0.2) is 29.8 Å². The number of nitrogens with one attached hydrogen (secondary N) is 1. The van der Waals surface area contributed by atoms with Gasteiger partial charge in [0.25, 0.3) is 5.91 Å². The van der Waals surface area contributed by atoms with Gasteiger partial charge in [-0.3, -0.25) is 9.69 Å². The topological polar surface area (TPSA) is 74.6 Å². The molecule has 28 heavy (non-hydrogen) atoms. The number of hydrogen-bond acceptors (Lipinski definition) is 5. The molecule has 0 spiro atoms. The predicted octanol–water partition coefficient (Wildman–Crippen LogP) is 2.75. The molecule has 2 fully saturated rings. The van der Waals surface area contributed by atoms with Gasteiger partial charge in [0, 0.05) is 25.7 Å². The number of benzene rings is 1. The van der Waals surface area contributed by atoms with E-state index in [0.717, 1.165) is 69.8 Å². The maximum atomic E-state index is 12.4. The summed E-state index contributed by atoms with van der Waals surface area (Å²) < 4.78 is 11.1. The van der Waals surface area contributed by atoms with Crippen molar-refractivity contribution in [2.45, 2.75) is 38.1 Å². The molecule has 0 radical (unpaired) electrons. The number of nitrogens with zero attached hydrogens (tertiary/aromatic N) is 2. The van der Waals surface area contributed by atoms with E-state index in [1.807, 2.05) is 30.3 Å². The summed E-state index contributed by atoms with van der Waals surface area (Å²) in [5, 5.41) is 12.4. The lowest BCUT2D eigenvalue weighted by molar-refractivity contribution is -0.117. The molecule has 1 aromatic rings. The van der Waals surface area contributed by atoms with Gasteiger partial charge in [-0.15, -0.1) is 0 Å².